The predicted molar refractivity (Wildman–Crippen MR) is 151 cm³/mol. The Hall–Kier alpha value is -2.22. The van der Waals surface area contributed by atoms with E-state index in [4.69, 9.17) is 20.8 Å². The fourth-order valence-corrected chi connectivity index (χ4v) is 5.69. The number of phenols is 1. The van der Waals surface area contributed by atoms with E-state index < -0.39 is 14.1 Å². The van der Waals surface area contributed by atoms with Crippen LogP contribution in [-0.4, -0.2) is 32.3 Å². The largest absolute Gasteiger partial charge is 0.508 e. The van der Waals surface area contributed by atoms with Crippen LogP contribution < -0.4 is 0 Å². The molecule has 0 unspecified atom stereocenters. The zero-order valence-corrected chi connectivity index (χ0v) is 25.2. The number of carbonyl (C=O) groups is 2. The molecule has 0 radical (unpaired) electrons. The summed E-state index contributed by atoms with van der Waals surface area (Å²) in [5.41, 5.74) is 1.65. The number of benzene rings is 2. The Labute approximate surface area is 231 Å². The van der Waals surface area contributed by atoms with Crippen LogP contribution in [0.4, 0.5) is 4.39 Å². The van der Waals surface area contributed by atoms with Gasteiger partial charge in [-0.3, -0.25) is 9.59 Å². The van der Waals surface area contributed by atoms with E-state index in [0.29, 0.717) is 11.5 Å². The van der Waals surface area contributed by atoms with Crippen LogP contribution in [0.1, 0.15) is 79.9 Å². The Kier molecular flexibility index (Phi) is 9.48. The Morgan fingerprint density at radius 3 is 2.39 bits per heavy atom. The SMILES string of the molecule is COC(=O)[C@@H](C)[C@H](c1ccc(CCC(=O)c2ccc(Cl)c(CO[Si](C)(C)C(C)(C)C)c2F)c(O)c1)C1CC1. The quantitative estimate of drug-likeness (QED) is 0.172. The summed E-state index contributed by atoms with van der Waals surface area (Å²) in [6.07, 6.45) is 2.36. The highest BCUT2D eigenvalue weighted by molar-refractivity contribution is 6.74. The number of phenolic OH excluding ortho intramolecular Hbond substituents is 1. The van der Waals surface area contributed by atoms with Crippen LogP contribution in [0.3, 0.4) is 0 Å². The number of ether oxygens (including phenoxy) is 1. The van der Waals surface area contributed by atoms with Crippen LogP contribution in [0.25, 0.3) is 0 Å². The van der Waals surface area contributed by atoms with Crippen molar-refractivity contribution in [2.75, 3.05) is 7.11 Å². The lowest BCUT2D eigenvalue weighted by Gasteiger charge is -2.36. The molecule has 0 aromatic heterocycles. The first kappa shape index (κ1) is 30.3. The maximum absolute atomic E-state index is 15.4. The topological polar surface area (TPSA) is 72.8 Å². The number of hydrogen-bond acceptors (Lipinski definition) is 5. The number of methoxy groups -OCH3 is 1. The molecule has 5 nitrogen and oxygen atoms in total. The third kappa shape index (κ3) is 6.85. The monoisotopic (exact) mass is 562 g/mol. The van der Waals surface area contributed by atoms with E-state index in [1.807, 2.05) is 13.0 Å². The van der Waals surface area contributed by atoms with Crippen molar-refractivity contribution in [2.24, 2.45) is 11.8 Å². The molecule has 1 fully saturated rings. The lowest BCUT2D eigenvalue weighted by molar-refractivity contribution is -0.145. The van der Waals surface area contributed by atoms with Gasteiger partial charge in [-0.15, -0.1) is 0 Å². The van der Waals surface area contributed by atoms with Gasteiger partial charge in [0.25, 0.3) is 0 Å². The van der Waals surface area contributed by atoms with E-state index in [0.717, 1.165) is 18.4 Å². The minimum atomic E-state index is -2.14. The number of halogens is 2. The Balaban J connectivity index is 1.72. The Morgan fingerprint density at radius 2 is 1.84 bits per heavy atom. The van der Waals surface area contributed by atoms with E-state index in [1.54, 1.807) is 12.1 Å². The number of hydrogen-bond donors (Lipinski definition) is 1. The van der Waals surface area contributed by atoms with E-state index in [-0.39, 0.29) is 70.0 Å². The summed E-state index contributed by atoms with van der Waals surface area (Å²) in [6, 6.07) is 8.32. The predicted octanol–water partition coefficient (Wildman–Crippen LogP) is 7.82. The highest BCUT2D eigenvalue weighted by Crippen LogP contribution is 2.47. The van der Waals surface area contributed by atoms with Crippen molar-refractivity contribution in [3.05, 3.63) is 63.4 Å². The normalized spacial score (nSPS) is 15.7. The van der Waals surface area contributed by atoms with Crippen LogP contribution in [-0.2, 0) is 27.0 Å². The van der Waals surface area contributed by atoms with Gasteiger partial charge in [-0.25, -0.2) is 4.39 Å². The summed E-state index contributed by atoms with van der Waals surface area (Å²) < 4.78 is 26.5. The lowest BCUT2D eigenvalue weighted by Crippen LogP contribution is -2.40. The van der Waals surface area contributed by atoms with Gasteiger partial charge < -0.3 is 14.3 Å². The summed E-state index contributed by atoms with van der Waals surface area (Å²) in [6.45, 7) is 12.3. The van der Waals surface area contributed by atoms with Crippen LogP contribution >= 0.6 is 11.6 Å². The summed E-state index contributed by atoms with van der Waals surface area (Å²) >= 11 is 6.28. The van der Waals surface area contributed by atoms with E-state index in [9.17, 15) is 14.7 Å². The van der Waals surface area contributed by atoms with Crippen molar-refractivity contribution in [3.63, 3.8) is 0 Å². The average Bonchev–Trinajstić information content (AvgIpc) is 3.67. The van der Waals surface area contributed by atoms with Crippen LogP contribution in [0.15, 0.2) is 30.3 Å². The number of rotatable bonds is 11. The van der Waals surface area contributed by atoms with Gasteiger partial charge in [-0.2, -0.15) is 0 Å². The third-order valence-corrected chi connectivity index (χ3v) is 13.1. The molecular formula is C30H40ClFO5Si. The standard InChI is InChI=1S/C30H40ClFO5Si/c1-18(29(35)36-5)27(20-9-10-20)21-11-8-19(26(34)16-21)12-15-25(33)22-13-14-24(31)23(28(22)32)17-37-38(6,7)30(2,3)4/h8,11,13-14,16,18,20,27,34H,9-10,12,15,17H2,1-7H3/t18-,27-/m0/s1. The smallest absolute Gasteiger partial charge is 0.309 e. The first-order valence-electron chi connectivity index (χ1n) is 13.2. The van der Waals surface area contributed by atoms with Gasteiger partial charge in [0.15, 0.2) is 14.1 Å². The molecule has 208 valence electrons. The molecule has 0 bridgehead atoms. The second-order valence-electron chi connectivity index (χ2n) is 11.9. The molecular weight excluding hydrogens is 523 g/mol. The van der Waals surface area contributed by atoms with Gasteiger partial charge in [0.05, 0.1) is 25.2 Å². The molecule has 2 aromatic rings. The molecule has 8 heteroatoms. The number of aryl methyl sites for hydroxylation is 1. The van der Waals surface area contributed by atoms with Crippen LogP contribution in [0, 0.1) is 17.7 Å². The third-order valence-electron chi connectivity index (χ3n) is 8.23. The molecule has 0 amide bonds. The summed E-state index contributed by atoms with van der Waals surface area (Å²) in [5.74, 6) is -1.18. The molecule has 1 saturated carbocycles. The number of ketones is 1. The molecule has 2 aromatic carbocycles. The first-order valence-corrected chi connectivity index (χ1v) is 16.5. The molecule has 2 atom stereocenters. The van der Waals surface area contributed by atoms with Crippen molar-refractivity contribution >= 4 is 31.7 Å². The molecule has 1 aliphatic rings. The van der Waals surface area contributed by atoms with Crippen molar-refractivity contribution in [3.8, 4) is 5.75 Å². The molecule has 0 spiro atoms. The summed E-state index contributed by atoms with van der Waals surface area (Å²) in [5, 5.41) is 10.9. The van der Waals surface area contributed by atoms with Crippen molar-refractivity contribution in [1.29, 1.82) is 0 Å². The summed E-state index contributed by atoms with van der Waals surface area (Å²) in [4.78, 5) is 25.2. The van der Waals surface area contributed by atoms with Gasteiger partial charge >= 0.3 is 5.97 Å². The highest BCUT2D eigenvalue weighted by atomic mass is 35.5. The zero-order valence-electron chi connectivity index (χ0n) is 23.5. The molecule has 3 rings (SSSR count). The second-order valence-corrected chi connectivity index (χ2v) is 17.1. The Morgan fingerprint density at radius 1 is 1.18 bits per heavy atom. The number of Topliss-reactive ketones (excluding diaryl/α,β-unsaturated/α-hetero) is 1. The minimum Gasteiger partial charge on any atom is -0.508 e. The maximum atomic E-state index is 15.4. The van der Waals surface area contributed by atoms with E-state index >= 15 is 4.39 Å². The maximum Gasteiger partial charge on any atom is 0.309 e. The molecule has 38 heavy (non-hydrogen) atoms. The molecule has 1 N–H and O–H groups in total. The van der Waals surface area contributed by atoms with Gasteiger partial charge in [0.1, 0.15) is 11.6 Å². The number of aromatic hydroxyl groups is 1. The Bertz CT molecular complexity index is 1190. The molecule has 0 heterocycles. The van der Waals surface area contributed by atoms with E-state index in [2.05, 4.69) is 33.9 Å². The number of carbonyl (C=O) groups excluding carboxylic acids is 2. The zero-order chi connectivity index (χ0) is 28.4. The fourth-order valence-electron chi connectivity index (χ4n) is 4.55. The van der Waals surface area contributed by atoms with E-state index in [1.165, 1.54) is 19.2 Å². The molecule has 0 saturated heterocycles. The summed E-state index contributed by atoms with van der Waals surface area (Å²) in [7, 11) is -0.756. The van der Waals surface area contributed by atoms with Gasteiger partial charge in [-0.1, -0.05) is 51.4 Å². The fraction of sp³-hybridized carbons (Fsp3) is 0.533. The molecule has 0 aliphatic heterocycles. The average molecular weight is 563 g/mol. The first-order chi connectivity index (χ1) is 17.7. The van der Waals surface area contributed by atoms with Crippen molar-refractivity contribution < 1.29 is 28.2 Å². The van der Waals surface area contributed by atoms with Gasteiger partial charge in [0, 0.05) is 17.0 Å². The van der Waals surface area contributed by atoms with Gasteiger partial charge in [0.2, 0.25) is 0 Å². The van der Waals surface area contributed by atoms with Crippen LogP contribution in [0.2, 0.25) is 23.2 Å². The number of esters is 1. The lowest BCUT2D eigenvalue weighted by atomic mass is 9.82. The second kappa shape index (κ2) is 11.9. The minimum absolute atomic E-state index is 0.0106. The highest BCUT2D eigenvalue weighted by Gasteiger charge is 2.39. The van der Waals surface area contributed by atoms with Crippen LogP contribution in [0.5, 0.6) is 5.75 Å². The van der Waals surface area contributed by atoms with Crippen molar-refractivity contribution in [2.45, 2.75) is 84.0 Å². The van der Waals surface area contributed by atoms with Gasteiger partial charge in [-0.05, 0) is 78.6 Å². The van der Waals surface area contributed by atoms with Crippen molar-refractivity contribution in [1.82, 2.24) is 0 Å². The molecule has 1 aliphatic carbocycles.